The maximum atomic E-state index is 15.4. The molecule has 5 aliphatic carbocycles. The quantitative estimate of drug-likeness (QED) is 0.155. The van der Waals surface area contributed by atoms with Gasteiger partial charge in [0.2, 0.25) is 12.4 Å². The number of fused-ring (bicyclic) bond motifs is 7. The Labute approximate surface area is 398 Å². The number of aliphatic hydroxyl groups excluding tert-OH is 1. The van der Waals surface area contributed by atoms with Gasteiger partial charge in [0.15, 0.2) is 12.2 Å². The number of allylic oxidation sites excluding steroid dienone is 1. The van der Waals surface area contributed by atoms with Gasteiger partial charge in [-0.1, -0.05) is 53.2 Å². The number of hydrogen-bond donors (Lipinski definition) is 1. The third-order valence-corrected chi connectivity index (χ3v) is 17.3. The van der Waals surface area contributed by atoms with E-state index in [1.165, 1.54) is 20.8 Å². The molecule has 0 amide bonds. The fraction of sp³-hybridized carbons (Fsp3) is 0.800. The molecule has 18 nitrogen and oxygen atoms in total. The molecule has 5 fully saturated rings. The van der Waals surface area contributed by atoms with Crippen molar-refractivity contribution < 1.29 is 86.1 Å². The molecule has 0 bridgehead atoms. The summed E-state index contributed by atoms with van der Waals surface area (Å²) in [7, 11) is 0. The van der Waals surface area contributed by atoms with Crippen LogP contribution in [0.3, 0.4) is 0 Å². The van der Waals surface area contributed by atoms with Crippen LogP contribution in [-0.2, 0) is 81.0 Å². The Kier molecular flexibility index (Phi) is 14.7. The monoisotopic (exact) mass is 960 g/mol. The first-order valence-electron chi connectivity index (χ1n) is 23.9. The third kappa shape index (κ3) is 9.28. The molecule has 0 unspecified atom stereocenters. The van der Waals surface area contributed by atoms with Crippen molar-refractivity contribution in [2.75, 3.05) is 13.2 Å². The van der Waals surface area contributed by atoms with Crippen molar-refractivity contribution >= 4 is 47.8 Å². The first-order chi connectivity index (χ1) is 31.5. The lowest BCUT2D eigenvalue weighted by molar-refractivity contribution is -0.305. The molecule has 4 saturated carbocycles. The molecule has 380 valence electrons. The Hall–Kier alpha value is -4.58. The minimum Gasteiger partial charge on any atom is -0.465 e. The SMILES string of the molecule is CC(=O)OC[C@H]1O[C@@H](OC(=O)[C@]23CCC(C)(C)[C@@H](O)[C@H]2C2=CC[C@H]4[C@@]5(C)C[C@H](OC(C)=O)[C@@H](OC(C)=O)[C@@](C)(COC(C)=O)[C@H]5CC[C@@]4(C)[C@]2(C)CC3)[C@H](OC(C)=O)[C@@H](OC(C)=O)[C@@H]1OC(C)=O. The topological polar surface area (TPSA) is 240 Å². The van der Waals surface area contributed by atoms with Crippen molar-refractivity contribution in [2.24, 2.45) is 50.2 Å². The summed E-state index contributed by atoms with van der Waals surface area (Å²) in [6.45, 7) is 20.4. The second-order valence-electron chi connectivity index (χ2n) is 22.0. The fourth-order valence-electron chi connectivity index (χ4n) is 14.1. The van der Waals surface area contributed by atoms with E-state index in [0.717, 1.165) is 33.3 Å². The number of hydrogen-bond acceptors (Lipinski definition) is 18. The standard InChI is InChI=1S/C50H72O18/c1-25(51)60-23-34-38(63-28(4)54)39(64-29(5)55)40(65-30(6)56)43(67-34)68-44(59)50-20-18-45(8,9)41(58)37(50)32-14-15-36-46(10)22-33(62-27(3)53)42(66-31(7)57)47(11,24-61-26(2)52)35(46)16-17-49(36,13)48(32,12)19-21-50/h14,33-43,58H,15-24H2,1-13H3/t33-,34+,35-,36-,37+,38+,39-,40+,41-,42+,43-,46-,47-,48+,49+,50-/m0/s1. The van der Waals surface area contributed by atoms with E-state index in [4.69, 9.17) is 42.6 Å². The summed E-state index contributed by atoms with van der Waals surface area (Å²) in [4.78, 5) is 103. The maximum Gasteiger partial charge on any atom is 0.315 e. The van der Waals surface area contributed by atoms with Gasteiger partial charge in [0, 0.05) is 59.8 Å². The van der Waals surface area contributed by atoms with Crippen LogP contribution in [0.2, 0.25) is 0 Å². The number of carbonyl (C=O) groups excluding carboxylic acids is 8. The summed E-state index contributed by atoms with van der Waals surface area (Å²) in [5, 5.41) is 12.7. The van der Waals surface area contributed by atoms with E-state index in [1.54, 1.807) is 0 Å². The van der Waals surface area contributed by atoms with Crippen LogP contribution in [0.15, 0.2) is 11.6 Å². The van der Waals surface area contributed by atoms with Gasteiger partial charge in [-0.25, -0.2) is 0 Å². The summed E-state index contributed by atoms with van der Waals surface area (Å²) in [5.74, 6) is -6.46. The molecule has 68 heavy (non-hydrogen) atoms. The number of aliphatic hydroxyl groups is 1. The average Bonchev–Trinajstić information content (AvgIpc) is 3.21. The Morgan fingerprint density at radius 1 is 0.632 bits per heavy atom. The molecule has 6 aliphatic rings. The van der Waals surface area contributed by atoms with Crippen LogP contribution < -0.4 is 0 Å². The summed E-state index contributed by atoms with van der Waals surface area (Å²) in [6, 6.07) is 0. The van der Waals surface area contributed by atoms with Gasteiger partial charge in [-0.05, 0) is 84.9 Å². The Balaban J connectivity index is 1.43. The lowest BCUT2D eigenvalue weighted by Crippen LogP contribution is -2.70. The highest BCUT2D eigenvalue weighted by atomic mass is 16.7. The molecule has 0 aromatic carbocycles. The van der Waals surface area contributed by atoms with Gasteiger partial charge in [-0.2, -0.15) is 0 Å². The highest BCUT2D eigenvalue weighted by Crippen LogP contribution is 2.76. The zero-order valence-corrected chi connectivity index (χ0v) is 41.9. The van der Waals surface area contributed by atoms with Crippen LogP contribution in [0, 0.1) is 50.2 Å². The molecule has 0 radical (unpaired) electrons. The number of ether oxygens (including phenoxy) is 9. The van der Waals surface area contributed by atoms with Crippen molar-refractivity contribution in [3.63, 3.8) is 0 Å². The molecule has 1 heterocycles. The van der Waals surface area contributed by atoms with E-state index >= 15 is 4.79 Å². The summed E-state index contributed by atoms with van der Waals surface area (Å²) < 4.78 is 52.4. The number of carbonyl (C=O) groups is 8. The van der Waals surface area contributed by atoms with E-state index in [-0.39, 0.29) is 24.9 Å². The van der Waals surface area contributed by atoms with E-state index in [9.17, 15) is 38.7 Å². The van der Waals surface area contributed by atoms with Crippen molar-refractivity contribution in [3.8, 4) is 0 Å². The largest absolute Gasteiger partial charge is 0.465 e. The number of rotatable bonds is 11. The lowest BCUT2D eigenvalue weighted by Gasteiger charge is -2.72. The van der Waals surface area contributed by atoms with Crippen LogP contribution in [0.25, 0.3) is 0 Å². The first-order valence-corrected chi connectivity index (χ1v) is 23.9. The van der Waals surface area contributed by atoms with Gasteiger partial charge >= 0.3 is 47.8 Å². The maximum absolute atomic E-state index is 15.4. The predicted molar refractivity (Wildman–Crippen MR) is 236 cm³/mol. The van der Waals surface area contributed by atoms with Crippen LogP contribution in [0.5, 0.6) is 0 Å². The zero-order valence-electron chi connectivity index (χ0n) is 41.9. The van der Waals surface area contributed by atoms with Crippen LogP contribution in [-0.4, -0.2) is 115 Å². The summed E-state index contributed by atoms with van der Waals surface area (Å²) in [6.07, 6.45) is -4.54. The van der Waals surface area contributed by atoms with Crippen molar-refractivity contribution in [1.29, 1.82) is 0 Å². The minimum absolute atomic E-state index is 0.0543. The molecule has 0 aromatic rings. The average molecular weight is 961 g/mol. The second-order valence-corrected chi connectivity index (χ2v) is 22.0. The second kappa shape index (κ2) is 19.0. The first kappa shape index (κ1) is 52.8. The molecule has 0 spiro atoms. The lowest BCUT2D eigenvalue weighted by atomic mass is 9.33. The highest BCUT2D eigenvalue weighted by molar-refractivity contribution is 5.79. The molecule has 1 saturated heterocycles. The minimum atomic E-state index is -1.75. The molecule has 16 atom stereocenters. The molecule has 1 N–H and O–H groups in total. The van der Waals surface area contributed by atoms with E-state index < -0.39 is 142 Å². The van der Waals surface area contributed by atoms with Crippen LogP contribution in [0.4, 0.5) is 0 Å². The molecule has 18 heteroatoms. The van der Waals surface area contributed by atoms with Crippen molar-refractivity contribution in [3.05, 3.63) is 11.6 Å². The molecular weight excluding hydrogens is 889 g/mol. The van der Waals surface area contributed by atoms with E-state index in [2.05, 4.69) is 26.8 Å². The van der Waals surface area contributed by atoms with Gasteiger partial charge in [-0.15, -0.1) is 0 Å². The van der Waals surface area contributed by atoms with Crippen LogP contribution >= 0.6 is 0 Å². The molecule has 6 rings (SSSR count). The van der Waals surface area contributed by atoms with Crippen molar-refractivity contribution in [2.45, 2.75) is 190 Å². The Morgan fingerprint density at radius 3 is 1.76 bits per heavy atom. The zero-order chi connectivity index (χ0) is 50.7. The summed E-state index contributed by atoms with van der Waals surface area (Å²) >= 11 is 0. The van der Waals surface area contributed by atoms with Gasteiger partial charge in [-0.3, -0.25) is 38.4 Å². The van der Waals surface area contributed by atoms with Gasteiger partial charge in [0.25, 0.3) is 0 Å². The Bertz CT molecular complexity index is 2080. The van der Waals surface area contributed by atoms with E-state index in [1.807, 2.05) is 20.8 Å². The normalized spacial score (nSPS) is 41.2. The highest BCUT2D eigenvalue weighted by Gasteiger charge is 2.73. The smallest absolute Gasteiger partial charge is 0.315 e. The Morgan fingerprint density at radius 2 is 1.19 bits per heavy atom. The van der Waals surface area contributed by atoms with Crippen LogP contribution in [0.1, 0.15) is 141 Å². The predicted octanol–water partition coefficient (Wildman–Crippen LogP) is 5.40. The molecule has 1 aliphatic heterocycles. The fourth-order valence-corrected chi connectivity index (χ4v) is 14.1. The van der Waals surface area contributed by atoms with Gasteiger partial charge in [0.05, 0.1) is 11.5 Å². The summed E-state index contributed by atoms with van der Waals surface area (Å²) in [5.41, 5.74) is -3.61. The number of esters is 8. The van der Waals surface area contributed by atoms with Gasteiger partial charge in [0.1, 0.15) is 31.5 Å². The van der Waals surface area contributed by atoms with E-state index in [0.29, 0.717) is 44.9 Å². The molecule has 0 aromatic heterocycles. The van der Waals surface area contributed by atoms with Gasteiger partial charge < -0.3 is 47.7 Å². The third-order valence-electron chi connectivity index (χ3n) is 17.3. The van der Waals surface area contributed by atoms with Crippen molar-refractivity contribution in [1.82, 2.24) is 0 Å². The molecular formula is C50H72O18.